The minimum absolute atomic E-state index is 0.224. The molecule has 18 heavy (non-hydrogen) atoms. The second-order valence-electron chi connectivity index (χ2n) is 4.10. The normalized spacial score (nSPS) is 12.6. The van der Waals surface area contributed by atoms with Crippen LogP contribution in [0.25, 0.3) is 0 Å². The van der Waals surface area contributed by atoms with E-state index in [1.54, 1.807) is 6.21 Å². The van der Waals surface area contributed by atoms with Crippen LogP contribution in [0.3, 0.4) is 0 Å². The molecule has 1 aromatic carbocycles. The van der Waals surface area contributed by atoms with Crippen LogP contribution in [0.15, 0.2) is 35.3 Å². The van der Waals surface area contributed by atoms with Crippen molar-refractivity contribution in [2.75, 3.05) is 6.61 Å². The molecule has 0 aliphatic carbocycles. The Morgan fingerprint density at radius 2 is 2.06 bits per heavy atom. The number of benzene rings is 1. The molecule has 0 radical (unpaired) electrons. The standard InChI is InChI=1S/C15H21NO2/c1-3-5-11-14(15(17)18-4-2)16-12-13-9-7-6-8-10-13/h6-10,12,14H,3-5,11H2,1-2H3. The fourth-order valence-electron chi connectivity index (χ4n) is 1.60. The first kappa shape index (κ1) is 14.4. The largest absolute Gasteiger partial charge is 0.464 e. The molecule has 0 aromatic heterocycles. The maximum absolute atomic E-state index is 11.7. The van der Waals surface area contributed by atoms with E-state index in [0.29, 0.717) is 6.61 Å². The van der Waals surface area contributed by atoms with E-state index in [1.807, 2.05) is 37.3 Å². The molecule has 0 spiro atoms. The maximum atomic E-state index is 11.7. The number of nitrogens with zero attached hydrogens (tertiary/aromatic N) is 1. The first-order valence-corrected chi connectivity index (χ1v) is 6.52. The summed E-state index contributed by atoms with van der Waals surface area (Å²) in [7, 11) is 0. The lowest BCUT2D eigenvalue weighted by Gasteiger charge is -2.10. The summed E-state index contributed by atoms with van der Waals surface area (Å²) in [6.45, 7) is 4.32. The number of hydrogen-bond donors (Lipinski definition) is 0. The molecule has 0 aliphatic heterocycles. The van der Waals surface area contributed by atoms with Crippen LogP contribution in [0.4, 0.5) is 0 Å². The third kappa shape index (κ3) is 5.13. The predicted octanol–water partition coefficient (Wildman–Crippen LogP) is 3.23. The summed E-state index contributed by atoms with van der Waals surface area (Å²) in [4.78, 5) is 16.1. The molecule has 1 aromatic rings. The Bertz CT molecular complexity index is 373. The second-order valence-corrected chi connectivity index (χ2v) is 4.10. The number of aliphatic imine (C=N–C) groups is 1. The van der Waals surface area contributed by atoms with Crippen LogP contribution in [-0.2, 0) is 9.53 Å². The Balaban J connectivity index is 2.65. The van der Waals surface area contributed by atoms with Crippen molar-refractivity contribution in [1.29, 1.82) is 0 Å². The lowest BCUT2D eigenvalue weighted by molar-refractivity contribution is -0.144. The summed E-state index contributed by atoms with van der Waals surface area (Å²) >= 11 is 0. The molecule has 0 amide bonds. The van der Waals surface area contributed by atoms with Crippen molar-refractivity contribution >= 4 is 12.2 Å². The highest BCUT2D eigenvalue weighted by Crippen LogP contribution is 2.07. The SMILES string of the molecule is CCCCC(N=Cc1ccccc1)C(=O)OCC. The van der Waals surface area contributed by atoms with Gasteiger partial charge in [0, 0.05) is 6.21 Å². The highest BCUT2D eigenvalue weighted by atomic mass is 16.5. The Morgan fingerprint density at radius 3 is 2.67 bits per heavy atom. The zero-order chi connectivity index (χ0) is 13.2. The van der Waals surface area contributed by atoms with Crippen LogP contribution < -0.4 is 0 Å². The monoisotopic (exact) mass is 247 g/mol. The smallest absolute Gasteiger partial charge is 0.330 e. The highest BCUT2D eigenvalue weighted by molar-refractivity contribution is 5.83. The van der Waals surface area contributed by atoms with Gasteiger partial charge in [0.2, 0.25) is 0 Å². The molecule has 3 heteroatoms. The Labute approximate surface area is 109 Å². The zero-order valence-corrected chi connectivity index (χ0v) is 11.1. The van der Waals surface area contributed by atoms with Crippen LogP contribution in [0.2, 0.25) is 0 Å². The summed E-state index contributed by atoms with van der Waals surface area (Å²) in [5.41, 5.74) is 1.00. The van der Waals surface area contributed by atoms with Gasteiger partial charge in [0.05, 0.1) is 6.61 Å². The summed E-state index contributed by atoms with van der Waals surface area (Å²) in [5.74, 6) is -0.224. The number of ether oxygens (including phenoxy) is 1. The average Bonchev–Trinajstić information content (AvgIpc) is 2.40. The predicted molar refractivity (Wildman–Crippen MR) is 74.0 cm³/mol. The molecule has 0 heterocycles. The summed E-state index contributed by atoms with van der Waals surface area (Å²) in [6, 6.07) is 9.42. The maximum Gasteiger partial charge on any atom is 0.330 e. The molecule has 0 bridgehead atoms. The van der Waals surface area contributed by atoms with E-state index in [0.717, 1.165) is 24.8 Å². The van der Waals surface area contributed by atoms with E-state index in [-0.39, 0.29) is 12.0 Å². The van der Waals surface area contributed by atoms with Crippen molar-refractivity contribution in [3.05, 3.63) is 35.9 Å². The van der Waals surface area contributed by atoms with Crippen molar-refractivity contribution in [2.45, 2.75) is 39.2 Å². The Kier molecular flexibility index (Phi) is 6.77. The lowest BCUT2D eigenvalue weighted by atomic mass is 10.1. The summed E-state index contributed by atoms with van der Waals surface area (Å²) in [6.07, 6.45) is 4.53. The minimum Gasteiger partial charge on any atom is -0.464 e. The summed E-state index contributed by atoms with van der Waals surface area (Å²) < 4.78 is 5.04. The van der Waals surface area contributed by atoms with Gasteiger partial charge in [0.25, 0.3) is 0 Å². The molecular weight excluding hydrogens is 226 g/mol. The molecule has 1 rings (SSSR count). The van der Waals surface area contributed by atoms with Gasteiger partial charge in [-0.2, -0.15) is 0 Å². The molecule has 0 saturated carbocycles. The fourth-order valence-corrected chi connectivity index (χ4v) is 1.60. The van der Waals surface area contributed by atoms with Crippen molar-refractivity contribution < 1.29 is 9.53 Å². The van der Waals surface area contributed by atoms with E-state index in [1.165, 1.54) is 0 Å². The number of esters is 1. The topological polar surface area (TPSA) is 38.7 Å². The van der Waals surface area contributed by atoms with Crippen molar-refractivity contribution in [1.82, 2.24) is 0 Å². The van der Waals surface area contributed by atoms with Gasteiger partial charge >= 0.3 is 5.97 Å². The molecule has 98 valence electrons. The van der Waals surface area contributed by atoms with Crippen molar-refractivity contribution in [3.8, 4) is 0 Å². The first-order chi connectivity index (χ1) is 8.77. The number of unbranched alkanes of at least 4 members (excludes halogenated alkanes) is 1. The lowest BCUT2D eigenvalue weighted by Crippen LogP contribution is -2.21. The fraction of sp³-hybridized carbons (Fsp3) is 0.467. The van der Waals surface area contributed by atoms with Gasteiger partial charge in [-0.3, -0.25) is 4.99 Å². The minimum atomic E-state index is -0.370. The van der Waals surface area contributed by atoms with Crippen LogP contribution in [0.5, 0.6) is 0 Å². The number of hydrogen-bond acceptors (Lipinski definition) is 3. The number of carbonyl (C=O) groups is 1. The molecular formula is C15H21NO2. The van der Waals surface area contributed by atoms with Crippen molar-refractivity contribution in [2.24, 2.45) is 4.99 Å². The van der Waals surface area contributed by atoms with Crippen LogP contribution >= 0.6 is 0 Å². The van der Waals surface area contributed by atoms with E-state index >= 15 is 0 Å². The van der Waals surface area contributed by atoms with Gasteiger partial charge in [-0.05, 0) is 18.9 Å². The third-order valence-electron chi connectivity index (χ3n) is 2.59. The second kappa shape index (κ2) is 8.45. The van der Waals surface area contributed by atoms with Gasteiger partial charge < -0.3 is 4.74 Å². The molecule has 0 fully saturated rings. The van der Waals surface area contributed by atoms with E-state index in [2.05, 4.69) is 11.9 Å². The summed E-state index contributed by atoms with van der Waals surface area (Å²) in [5, 5.41) is 0. The van der Waals surface area contributed by atoms with Gasteiger partial charge in [-0.15, -0.1) is 0 Å². The molecule has 0 aliphatic rings. The molecule has 0 N–H and O–H groups in total. The Hall–Kier alpha value is -1.64. The van der Waals surface area contributed by atoms with Crippen molar-refractivity contribution in [3.63, 3.8) is 0 Å². The van der Waals surface area contributed by atoms with E-state index in [9.17, 15) is 4.79 Å². The van der Waals surface area contributed by atoms with Gasteiger partial charge in [0.15, 0.2) is 0 Å². The third-order valence-corrected chi connectivity index (χ3v) is 2.59. The van der Waals surface area contributed by atoms with E-state index in [4.69, 9.17) is 4.74 Å². The van der Waals surface area contributed by atoms with E-state index < -0.39 is 0 Å². The molecule has 0 saturated heterocycles. The van der Waals surface area contributed by atoms with Gasteiger partial charge in [-0.1, -0.05) is 50.1 Å². The highest BCUT2D eigenvalue weighted by Gasteiger charge is 2.16. The van der Waals surface area contributed by atoms with Gasteiger partial charge in [0.1, 0.15) is 6.04 Å². The average molecular weight is 247 g/mol. The quantitative estimate of drug-likeness (QED) is 0.548. The molecule has 1 atom stereocenters. The number of rotatable bonds is 7. The molecule has 1 unspecified atom stereocenters. The van der Waals surface area contributed by atoms with Crippen LogP contribution in [-0.4, -0.2) is 24.8 Å². The molecule has 3 nitrogen and oxygen atoms in total. The zero-order valence-electron chi connectivity index (χ0n) is 11.1. The van der Waals surface area contributed by atoms with Crippen LogP contribution in [0, 0.1) is 0 Å². The first-order valence-electron chi connectivity index (χ1n) is 6.52. The number of carbonyl (C=O) groups excluding carboxylic acids is 1. The Morgan fingerprint density at radius 1 is 1.33 bits per heavy atom. The van der Waals surface area contributed by atoms with Gasteiger partial charge in [-0.25, -0.2) is 4.79 Å². The van der Waals surface area contributed by atoms with Crippen LogP contribution in [0.1, 0.15) is 38.7 Å².